The lowest BCUT2D eigenvalue weighted by atomic mass is 10.1. The summed E-state index contributed by atoms with van der Waals surface area (Å²) in [4.78, 5) is 4.18. The molecule has 0 aliphatic carbocycles. The number of rotatable bonds is 3. The fraction of sp³-hybridized carbons (Fsp3) is 0.583. The molecule has 0 aliphatic heterocycles. The minimum absolute atomic E-state index is 0.210. The van der Waals surface area contributed by atoms with E-state index in [1.165, 1.54) is 5.56 Å². The van der Waals surface area contributed by atoms with Gasteiger partial charge in [0.2, 0.25) is 0 Å². The van der Waals surface area contributed by atoms with E-state index >= 15 is 0 Å². The van der Waals surface area contributed by atoms with Gasteiger partial charge in [0.05, 0.1) is 0 Å². The molecule has 1 N–H and O–H groups in total. The van der Waals surface area contributed by atoms with Gasteiger partial charge < -0.3 is 5.32 Å². The van der Waals surface area contributed by atoms with Gasteiger partial charge in [0, 0.05) is 17.4 Å². The van der Waals surface area contributed by atoms with Crippen molar-refractivity contribution in [3.63, 3.8) is 0 Å². The first-order chi connectivity index (χ1) is 6.47. The van der Waals surface area contributed by atoms with Crippen molar-refractivity contribution in [2.45, 2.75) is 39.7 Å². The number of nitrogens with zero attached hydrogens (tertiary/aromatic N) is 1. The lowest BCUT2D eigenvalue weighted by Crippen LogP contribution is -2.37. The Kier molecular flexibility index (Phi) is 3.64. The van der Waals surface area contributed by atoms with Gasteiger partial charge in [0.1, 0.15) is 0 Å². The van der Waals surface area contributed by atoms with Crippen LogP contribution in [-0.4, -0.2) is 17.1 Å². The molecule has 0 unspecified atom stereocenters. The number of pyridine rings is 1. The number of hydrogen-bond acceptors (Lipinski definition) is 2. The maximum atomic E-state index is 4.18. The Bertz CT molecular complexity index is 287. The highest BCUT2D eigenvalue weighted by Gasteiger charge is 2.07. The molecule has 1 aromatic heterocycles. The zero-order chi connectivity index (χ0) is 10.6. The standard InChI is InChI=1S/C12H20N2/c1-10-9-11(5-7-13-10)6-8-14-12(2,3)4/h5,7,9,14H,6,8H2,1-4H3. The third-order valence-corrected chi connectivity index (χ3v) is 2.03. The molecule has 2 nitrogen and oxygen atoms in total. The molecule has 0 saturated heterocycles. The van der Waals surface area contributed by atoms with Crippen molar-refractivity contribution in [2.75, 3.05) is 6.54 Å². The van der Waals surface area contributed by atoms with Gasteiger partial charge in [0.15, 0.2) is 0 Å². The number of hydrogen-bond donors (Lipinski definition) is 1. The molecule has 0 aliphatic rings. The third kappa shape index (κ3) is 4.38. The van der Waals surface area contributed by atoms with Crippen LogP contribution in [0.5, 0.6) is 0 Å². The second-order valence-corrected chi connectivity index (χ2v) is 4.73. The summed E-state index contributed by atoms with van der Waals surface area (Å²) in [7, 11) is 0. The lowest BCUT2D eigenvalue weighted by Gasteiger charge is -2.20. The van der Waals surface area contributed by atoms with Crippen LogP contribution in [0.25, 0.3) is 0 Å². The van der Waals surface area contributed by atoms with Gasteiger partial charge in [-0.25, -0.2) is 0 Å². The monoisotopic (exact) mass is 192 g/mol. The highest BCUT2D eigenvalue weighted by atomic mass is 14.9. The summed E-state index contributed by atoms with van der Waals surface area (Å²) >= 11 is 0. The van der Waals surface area contributed by atoms with Crippen LogP contribution < -0.4 is 5.32 Å². The SMILES string of the molecule is Cc1cc(CCNC(C)(C)C)ccn1. The van der Waals surface area contributed by atoms with Crippen LogP contribution in [0.15, 0.2) is 18.3 Å². The van der Waals surface area contributed by atoms with Crippen LogP contribution in [0.4, 0.5) is 0 Å². The zero-order valence-corrected chi connectivity index (χ0v) is 9.59. The second kappa shape index (κ2) is 4.56. The van der Waals surface area contributed by atoms with E-state index < -0.39 is 0 Å². The predicted octanol–water partition coefficient (Wildman–Crippen LogP) is 2.32. The Hall–Kier alpha value is -0.890. The van der Waals surface area contributed by atoms with Crippen molar-refractivity contribution < 1.29 is 0 Å². The number of aryl methyl sites for hydroxylation is 1. The second-order valence-electron chi connectivity index (χ2n) is 4.73. The summed E-state index contributed by atoms with van der Waals surface area (Å²) in [5.41, 5.74) is 2.66. The largest absolute Gasteiger partial charge is 0.312 e. The number of nitrogens with one attached hydrogen (secondary N) is 1. The van der Waals surface area contributed by atoms with Crippen molar-refractivity contribution in [2.24, 2.45) is 0 Å². The molecule has 0 radical (unpaired) electrons. The van der Waals surface area contributed by atoms with Crippen molar-refractivity contribution >= 4 is 0 Å². The van der Waals surface area contributed by atoms with Crippen LogP contribution >= 0.6 is 0 Å². The Labute approximate surface area is 86.8 Å². The van der Waals surface area contributed by atoms with E-state index in [1.807, 2.05) is 13.1 Å². The molecule has 1 rings (SSSR count). The molecule has 0 atom stereocenters. The molecule has 0 spiro atoms. The van der Waals surface area contributed by atoms with Crippen molar-refractivity contribution in [3.8, 4) is 0 Å². The first-order valence-corrected chi connectivity index (χ1v) is 5.14. The van der Waals surface area contributed by atoms with Crippen LogP contribution in [0, 0.1) is 6.92 Å². The van der Waals surface area contributed by atoms with Crippen LogP contribution in [0.2, 0.25) is 0 Å². The smallest absolute Gasteiger partial charge is 0.0375 e. The molecule has 0 bridgehead atoms. The minimum Gasteiger partial charge on any atom is -0.312 e. The minimum atomic E-state index is 0.210. The quantitative estimate of drug-likeness (QED) is 0.795. The molecular formula is C12H20N2. The fourth-order valence-electron chi connectivity index (χ4n) is 1.34. The molecular weight excluding hydrogens is 172 g/mol. The summed E-state index contributed by atoms with van der Waals surface area (Å²) < 4.78 is 0. The van der Waals surface area contributed by atoms with Gasteiger partial charge in [0.25, 0.3) is 0 Å². The van der Waals surface area contributed by atoms with E-state index in [1.54, 1.807) is 0 Å². The van der Waals surface area contributed by atoms with Gasteiger partial charge in [-0.05, 0) is 58.4 Å². The van der Waals surface area contributed by atoms with E-state index in [0.717, 1.165) is 18.7 Å². The first kappa shape index (κ1) is 11.2. The maximum absolute atomic E-state index is 4.18. The molecule has 14 heavy (non-hydrogen) atoms. The van der Waals surface area contributed by atoms with Gasteiger partial charge in [-0.1, -0.05) is 0 Å². The Morgan fingerprint density at radius 2 is 2.07 bits per heavy atom. The molecule has 0 saturated carbocycles. The summed E-state index contributed by atoms with van der Waals surface area (Å²) in [6, 6.07) is 4.22. The summed E-state index contributed by atoms with van der Waals surface area (Å²) in [6.45, 7) is 9.61. The maximum Gasteiger partial charge on any atom is 0.0375 e. The van der Waals surface area contributed by atoms with E-state index in [9.17, 15) is 0 Å². The van der Waals surface area contributed by atoms with Crippen LogP contribution in [0.3, 0.4) is 0 Å². The van der Waals surface area contributed by atoms with Crippen molar-refractivity contribution in [1.82, 2.24) is 10.3 Å². The van der Waals surface area contributed by atoms with E-state index in [4.69, 9.17) is 0 Å². The molecule has 1 aromatic rings. The molecule has 78 valence electrons. The van der Waals surface area contributed by atoms with Crippen LogP contribution in [-0.2, 0) is 6.42 Å². The van der Waals surface area contributed by atoms with E-state index in [-0.39, 0.29) is 5.54 Å². The van der Waals surface area contributed by atoms with Crippen molar-refractivity contribution in [1.29, 1.82) is 0 Å². The van der Waals surface area contributed by atoms with Crippen molar-refractivity contribution in [3.05, 3.63) is 29.6 Å². The Morgan fingerprint density at radius 3 is 2.64 bits per heavy atom. The van der Waals surface area contributed by atoms with Crippen LogP contribution in [0.1, 0.15) is 32.0 Å². The Morgan fingerprint density at radius 1 is 1.36 bits per heavy atom. The predicted molar refractivity (Wildman–Crippen MR) is 60.4 cm³/mol. The summed E-state index contributed by atoms with van der Waals surface area (Å²) in [6.07, 6.45) is 2.95. The Balaban J connectivity index is 2.39. The van der Waals surface area contributed by atoms with E-state index in [2.05, 4.69) is 43.2 Å². The fourth-order valence-corrected chi connectivity index (χ4v) is 1.34. The van der Waals surface area contributed by atoms with Gasteiger partial charge in [-0.15, -0.1) is 0 Å². The van der Waals surface area contributed by atoms with Gasteiger partial charge in [-0.3, -0.25) is 4.98 Å². The van der Waals surface area contributed by atoms with E-state index in [0.29, 0.717) is 0 Å². The average Bonchev–Trinajstić information content (AvgIpc) is 2.01. The number of aromatic nitrogens is 1. The highest BCUT2D eigenvalue weighted by Crippen LogP contribution is 2.03. The summed E-state index contributed by atoms with van der Waals surface area (Å²) in [5.74, 6) is 0. The average molecular weight is 192 g/mol. The van der Waals surface area contributed by atoms with Gasteiger partial charge in [-0.2, -0.15) is 0 Å². The van der Waals surface area contributed by atoms with Gasteiger partial charge >= 0.3 is 0 Å². The molecule has 1 heterocycles. The third-order valence-electron chi connectivity index (χ3n) is 2.03. The normalized spacial score (nSPS) is 11.7. The molecule has 0 amide bonds. The molecule has 0 fully saturated rings. The summed E-state index contributed by atoms with van der Waals surface area (Å²) in [5, 5.41) is 3.47. The molecule has 2 heteroatoms. The lowest BCUT2D eigenvalue weighted by molar-refractivity contribution is 0.429. The molecule has 0 aromatic carbocycles. The zero-order valence-electron chi connectivity index (χ0n) is 9.59. The first-order valence-electron chi connectivity index (χ1n) is 5.14. The topological polar surface area (TPSA) is 24.9 Å². The highest BCUT2D eigenvalue weighted by molar-refractivity contribution is 5.15.